The van der Waals surface area contributed by atoms with Crippen molar-refractivity contribution in [3.8, 4) is 45.9 Å². The molecule has 0 spiro atoms. The minimum absolute atomic E-state index is 0.983. The van der Waals surface area contributed by atoms with Crippen LogP contribution in [0.25, 0.3) is 0 Å². The Hall–Kier alpha value is -1.67. The van der Waals surface area contributed by atoms with Gasteiger partial charge in [0.2, 0.25) is 0 Å². The van der Waals surface area contributed by atoms with Gasteiger partial charge in [-0.05, 0) is 12.1 Å². The van der Waals surface area contributed by atoms with Crippen LogP contribution in [0.15, 0.2) is 12.1 Å². The SMILES string of the molecule is C[Si](C)(C)C#Cc1ccc(C#C[Si](C)(C)C)c(C#C[Si](C)(C)C)c1C#C[Si](C)(C)C. The molecule has 0 bridgehead atoms. The molecule has 0 aliphatic heterocycles. The van der Waals surface area contributed by atoms with E-state index in [1.165, 1.54) is 0 Å². The zero-order valence-corrected chi connectivity index (χ0v) is 25.2. The van der Waals surface area contributed by atoms with Crippen molar-refractivity contribution < 1.29 is 0 Å². The Kier molecular flexibility index (Phi) is 8.47. The van der Waals surface area contributed by atoms with E-state index in [-0.39, 0.29) is 0 Å². The van der Waals surface area contributed by atoms with E-state index in [2.05, 4.69) is 137 Å². The maximum absolute atomic E-state index is 3.55. The number of hydrogen-bond acceptors (Lipinski definition) is 0. The molecule has 1 aromatic rings. The molecule has 4 heteroatoms. The molecule has 0 heterocycles. The number of rotatable bonds is 0. The molecule has 0 aliphatic rings. The van der Waals surface area contributed by atoms with Crippen LogP contribution in [0.5, 0.6) is 0 Å². The summed E-state index contributed by atoms with van der Waals surface area (Å²) < 4.78 is 0. The van der Waals surface area contributed by atoms with Crippen molar-refractivity contribution in [1.82, 2.24) is 0 Å². The fourth-order valence-electron chi connectivity index (χ4n) is 2.08. The van der Waals surface area contributed by atoms with Crippen molar-refractivity contribution in [1.29, 1.82) is 0 Å². The van der Waals surface area contributed by atoms with Gasteiger partial charge in [-0.1, -0.05) is 102 Å². The summed E-state index contributed by atoms with van der Waals surface area (Å²) in [6.45, 7) is 27.3. The first-order chi connectivity index (χ1) is 13.4. The Morgan fingerprint density at radius 1 is 0.400 bits per heavy atom. The first kappa shape index (κ1) is 26.4. The zero-order valence-electron chi connectivity index (χ0n) is 21.2. The maximum atomic E-state index is 3.55. The predicted molar refractivity (Wildman–Crippen MR) is 147 cm³/mol. The molecule has 0 aliphatic carbocycles. The van der Waals surface area contributed by atoms with E-state index >= 15 is 0 Å². The van der Waals surface area contributed by atoms with Crippen molar-refractivity contribution in [3.63, 3.8) is 0 Å². The van der Waals surface area contributed by atoms with Crippen molar-refractivity contribution in [2.24, 2.45) is 0 Å². The van der Waals surface area contributed by atoms with Gasteiger partial charge >= 0.3 is 0 Å². The molecule has 0 N–H and O–H groups in total. The van der Waals surface area contributed by atoms with Crippen LogP contribution in [-0.2, 0) is 0 Å². The third-order valence-electron chi connectivity index (χ3n) is 3.47. The van der Waals surface area contributed by atoms with Gasteiger partial charge in [0.05, 0.1) is 11.1 Å². The summed E-state index contributed by atoms with van der Waals surface area (Å²) in [5.41, 5.74) is 18.1. The van der Waals surface area contributed by atoms with Crippen molar-refractivity contribution in [2.75, 3.05) is 0 Å². The fourth-order valence-corrected chi connectivity index (χ4v) is 4.10. The standard InChI is InChI=1S/C26H38Si4/c1-27(2,3)19-15-23-13-14-24(16-20-28(4,5)6)26(18-22-30(10,11)12)25(23)17-21-29(7,8)9/h13-14H,1-12H3. The molecular weight excluding hydrogens is 425 g/mol. The average Bonchev–Trinajstić information content (AvgIpc) is 2.52. The summed E-state index contributed by atoms with van der Waals surface area (Å²) in [5, 5.41) is 0. The minimum atomic E-state index is -1.54. The third-order valence-corrected chi connectivity index (χ3v) is 6.97. The molecule has 0 saturated carbocycles. The smallest absolute Gasteiger partial charge is 0.127 e. The first-order valence-electron chi connectivity index (χ1n) is 10.7. The fraction of sp³-hybridized carbons (Fsp3) is 0.462. The number of benzene rings is 1. The Labute approximate surface area is 190 Å². The lowest BCUT2D eigenvalue weighted by Gasteiger charge is -2.10. The second-order valence-corrected chi connectivity index (χ2v) is 30.9. The summed E-state index contributed by atoms with van der Waals surface area (Å²) >= 11 is 0. The van der Waals surface area contributed by atoms with E-state index in [1.807, 2.05) is 0 Å². The van der Waals surface area contributed by atoms with Crippen LogP contribution in [0, 0.1) is 45.9 Å². The molecule has 0 atom stereocenters. The van der Waals surface area contributed by atoms with E-state index in [1.54, 1.807) is 0 Å². The summed E-state index contributed by atoms with van der Waals surface area (Å²) in [6.07, 6.45) is 0. The molecule has 0 unspecified atom stereocenters. The van der Waals surface area contributed by atoms with Gasteiger partial charge in [-0.2, -0.15) is 0 Å². The van der Waals surface area contributed by atoms with Crippen LogP contribution in [-0.4, -0.2) is 32.3 Å². The maximum Gasteiger partial charge on any atom is 0.129 e. The van der Waals surface area contributed by atoms with Gasteiger partial charge in [0, 0.05) is 11.1 Å². The molecule has 0 nitrogen and oxygen atoms in total. The van der Waals surface area contributed by atoms with Gasteiger partial charge < -0.3 is 0 Å². The molecule has 1 aromatic carbocycles. The van der Waals surface area contributed by atoms with Gasteiger partial charge in [-0.25, -0.2) is 0 Å². The molecule has 1 rings (SSSR count). The molecule has 0 radical (unpaired) electrons. The van der Waals surface area contributed by atoms with Crippen LogP contribution in [0.4, 0.5) is 0 Å². The van der Waals surface area contributed by atoms with Crippen LogP contribution < -0.4 is 0 Å². The lowest BCUT2D eigenvalue weighted by Crippen LogP contribution is -2.18. The Morgan fingerprint density at radius 2 is 0.633 bits per heavy atom. The lowest BCUT2D eigenvalue weighted by atomic mass is 9.97. The summed E-state index contributed by atoms with van der Waals surface area (Å²) in [4.78, 5) is 0. The average molecular weight is 463 g/mol. The molecule has 0 aromatic heterocycles. The van der Waals surface area contributed by atoms with Crippen molar-refractivity contribution in [2.45, 2.75) is 78.6 Å². The minimum Gasteiger partial charge on any atom is -0.127 e. The summed E-state index contributed by atoms with van der Waals surface area (Å²) in [6, 6.07) is 4.21. The van der Waals surface area contributed by atoms with Crippen molar-refractivity contribution >= 4 is 32.3 Å². The molecule has 0 saturated heterocycles. The second-order valence-electron chi connectivity index (χ2n) is 11.9. The first-order valence-corrected chi connectivity index (χ1v) is 24.7. The van der Waals surface area contributed by atoms with Gasteiger partial charge in [0.1, 0.15) is 32.3 Å². The van der Waals surface area contributed by atoms with Gasteiger partial charge in [0.25, 0.3) is 0 Å². The topological polar surface area (TPSA) is 0 Å². The van der Waals surface area contributed by atoms with Crippen molar-refractivity contribution in [3.05, 3.63) is 34.4 Å². The van der Waals surface area contributed by atoms with Crippen LogP contribution in [0.1, 0.15) is 22.3 Å². The van der Waals surface area contributed by atoms with E-state index in [0.717, 1.165) is 22.3 Å². The highest BCUT2D eigenvalue weighted by molar-refractivity contribution is 6.85. The Bertz CT molecular complexity index is 948. The quantitative estimate of drug-likeness (QED) is 0.301. The van der Waals surface area contributed by atoms with Crippen LogP contribution in [0.3, 0.4) is 0 Å². The van der Waals surface area contributed by atoms with E-state index in [9.17, 15) is 0 Å². The van der Waals surface area contributed by atoms with E-state index < -0.39 is 32.3 Å². The number of hydrogen-bond donors (Lipinski definition) is 0. The Balaban J connectivity index is 3.98. The summed E-state index contributed by atoms with van der Waals surface area (Å²) in [5.74, 6) is 13.9. The van der Waals surface area contributed by atoms with Gasteiger partial charge in [0.15, 0.2) is 0 Å². The lowest BCUT2D eigenvalue weighted by molar-refractivity contribution is 1.50. The van der Waals surface area contributed by atoms with E-state index in [0.29, 0.717) is 0 Å². The third kappa shape index (κ3) is 10.9. The molecule has 158 valence electrons. The van der Waals surface area contributed by atoms with E-state index in [4.69, 9.17) is 0 Å². The predicted octanol–water partition coefficient (Wildman–Crippen LogP) is 6.60. The highest BCUT2D eigenvalue weighted by atomic mass is 28.3. The van der Waals surface area contributed by atoms with Crippen LogP contribution in [0.2, 0.25) is 78.6 Å². The van der Waals surface area contributed by atoms with Crippen LogP contribution >= 0.6 is 0 Å². The van der Waals surface area contributed by atoms with Gasteiger partial charge in [-0.15, -0.1) is 22.2 Å². The molecule has 0 amide bonds. The second kappa shape index (κ2) is 9.64. The Morgan fingerprint density at radius 3 is 0.867 bits per heavy atom. The normalized spacial score (nSPS) is 11.6. The highest BCUT2D eigenvalue weighted by Gasteiger charge is 2.15. The molecule has 30 heavy (non-hydrogen) atoms. The summed E-state index contributed by atoms with van der Waals surface area (Å²) in [7, 11) is -6.07. The monoisotopic (exact) mass is 462 g/mol. The highest BCUT2D eigenvalue weighted by Crippen LogP contribution is 2.19. The molecular formula is C26H38Si4. The largest absolute Gasteiger partial charge is 0.129 e. The van der Waals surface area contributed by atoms with Gasteiger partial charge in [-0.3, -0.25) is 0 Å². The molecule has 0 fully saturated rings. The zero-order chi connectivity index (χ0) is 23.4.